The molecule has 0 spiro atoms. The van der Waals surface area contributed by atoms with Gasteiger partial charge in [0, 0.05) is 0 Å². The van der Waals surface area contributed by atoms with Crippen LogP contribution in [-0.2, 0) is 0 Å². The van der Waals surface area contributed by atoms with E-state index in [9.17, 15) is 10.1 Å². The van der Waals surface area contributed by atoms with Gasteiger partial charge in [-0.3, -0.25) is 0 Å². The van der Waals surface area contributed by atoms with E-state index in [0.717, 1.165) is 12.2 Å². The van der Waals surface area contributed by atoms with Crippen LogP contribution >= 0.6 is 0 Å². The van der Waals surface area contributed by atoms with Crippen molar-refractivity contribution in [3.8, 4) is 0 Å². The van der Waals surface area contributed by atoms with Crippen molar-refractivity contribution in [1.29, 1.82) is 0 Å². The van der Waals surface area contributed by atoms with Gasteiger partial charge in [-0.1, -0.05) is 0 Å². The van der Waals surface area contributed by atoms with E-state index in [1.54, 1.807) is 12.1 Å². The molecule has 1 saturated heterocycles. The van der Waals surface area contributed by atoms with E-state index in [2.05, 4.69) is 35.2 Å². The van der Waals surface area contributed by atoms with Gasteiger partial charge in [-0.15, -0.1) is 0 Å². The third-order valence-corrected chi connectivity index (χ3v) is 6.38. The van der Waals surface area contributed by atoms with Crippen molar-refractivity contribution in [3.05, 3.63) is 64.7 Å². The van der Waals surface area contributed by atoms with Crippen molar-refractivity contribution in [2.75, 3.05) is 11.4 Å². The van der Waals surface area contributed by atoms with Crippen LogP contribution in [-0.4, -0.2) is 32.5 Å². The van der Waals surface area contributed by atoms with Crippen molar-refractivity contribution < 1.29 is 4.92 Å². The number of hydrogen-bond donors (Lipinski definition) is 0. The Morgan fingerprint density at radius 3 is 2.55 bits per heavy atom. The van der Waals surface area contributed by atoms with E-state index in [1.165, 1.54) is 22.6 Å². The number of nitrogens with zero attached hydrogens (tertiary/aromatic N) is 2. The Morgan fingerprint density at radius 2 is 1.86 bits per heavy atom. The van der Waals surface area contributed by atoms with Gasteiger partial charge in [0.05, 0.1) is 0 Å². The molecule has 0 aliphatic carbocycles. The van der Waals surface area contributed by atoms with Gasteiger partial charge in [-0.25, -0.2) is 0 Å². The van der Waals surface area contributed by atoms with Crippen LogP contribution in [0.25, 0.3) is 0 Å². The number of nitro benzene ring substituents is 1. The van der Waals surface area contributed by atoms with Crippen molar-refractivity contribution in [2.24, 2.45) is 0 Å². The molecule has 1 fully saturated rings. The zero-order chi connectivity index (χ0) is 15.4. The van der Waals surface area contributed by atoms with Crippen molar-refractivity contribution in [3.63, 3.8) is 0 Å². The van der Waals surface area contributed by atoms with Crippen molar-refractivity contribution in [2.45, 2.75) is 24.2 Å². The Labute approximate surface area is 136 Å². The molecule has 2 aromatic carbocycles. The molecule has 0 N–H and O–H groups in total. The Hall–Kier alpha value is -1.84. The average Bonchev–Trinajstić information content (AvgIpc) is 3.02. The Morgan fingerprint density at radius 1 is 1.14 bits per heavy atom. The zero-order valence-electron chi connectivity index (χ0n) is 12.2. The van der Waals surface area contributed by atoms with E-state index >= 15 is 0 Å². The summed E-state index contributed by atoms with van der Waals surface area (Å²) < 4.78 is 1.44. The second kappa shape index (κ2) is 6.95. The second-order valence-corrected chi connectivity index (χ2v) is 7.68. The topological polar surface area (TPSA) is 46.4 Å². The summed E-state index contributed by atoms with van der Waals surface area (Å²) in [4.78, 5) is 12.8. The van der Waals surface area contributed by atoms with Gasteiger partial charge in [-0.05, 0) is 0 Å². The maximum absolute atomic E-state index is 10.8. The van der Waals surface area contributed by atoms with Crippen LogP contribution in [0.3, 0.4) is 0 Å². The zero-order valence-corrected chi connectivity index (χ0v) is 13.9. The molecular formula is C17H18N2O2Se. The third-order valence-electron chi connectivity index (χ3n) is 3.95. The second-order valence-electron chi connectivity index (χ2n) is 5.39. The molecule has 1 unspecified atom stereocenters. The molecule has 0 saturated carbocycles. The van der Waals surface area contributed by atoms with Crippen molar-refractivity contribution in [1.82, 2.24) is 0 Å². The Balaban J connectivity index is 1.66. The van der Waals surface area contributed by atoms with E-state index in [-0.39, 0.29) is 10.6 Å². The normalized spacial score (nSPS) is 17.6. The average molecular weight is 361 g/mol. The quantitative estimate of drug-likeness (QED) is 0.467. The van der Waals surface area contributed by atoms with Gasteiger partial charge in [0.2, 0.25) is 0 Å². The molecule has 3 rings (SSSR count). The fourth-order valence-electron chi connectivity index (χ4n) is 2.82. The molecule has 0 amide bonds. The molecule has 0 aromatic heterocycles. The van der Waals surface area contributed by atoms with Gasteiger partial charge in [0.15, 0.2) is 0 Å². The summed E-state index contributed by atoms with van der Waals surface area (Å²) in [6.45, 7) is 1.05. The Kier molecular flexibility index (Phi) is 4.76. The SMILES string of the molecule is O=[N+]([O-])c1ccc(N2CCCC2C[Se]c2ccccc2)cc1. The minimum absolute atomic E-state index is 0.160. The van der Waals surface area contributed by atoms with Gasteiger partial charge in [0.1, 0.15) is 0 Å². The Bertz CT molecular complexity index is 631. The van der Waals surface area contributed by atoms with E-state index in [1.807, 2.05) is 12.1 Å². The van der Waals surface area contributed by atoms with E-state index < -0.39 is 0 Å². The van der Waals surface area contributed by atoms with Crippen LogP contribution in [0.2, 0.25) is 5.32 Å². The molecule has 0 radical (unpaired) electrons. The molecular weight excluding hydrogens is 343 g/mol. The predicted molar refractivity (Wildman–Crippen MR) is 90.1 cm³/mol. The van der Waals surface area contributed by atoms with Crippen LogP contribution < -0.4 is 9.36 Å². The summed E-state index contributed by atoms with van der Waals surface area (Å²) >= 11 is 0.481. The molecule has 2 aromatic rings. The third kappa shape index (κ3) is 3.49. The number of rotatable bonds is 5. The molecule has 1 aliphatic rings. The molecule has 0 bridgehead atoms. The summed E-state index contributed by atoms with van der Waals surface area (Å²) in [5.74, 6) is 0. The van der Waals surface area contributed by atoms with Crippen LogP contribution in [0.1, 0.15) is 12.8 Å². The van der Waals surface area contributed by atoms with Crippen LogP contribution in [0.5, 0.6) is 0 Å². The minimum atomic E-state index is -0.343. The van der Waals surface area contributed by atoms with Crippen molar-refractivity contribution >= 4 is 30.8 Å². The standard InChI is InChI=1S/C17H18N2O2Se/c20-19(21)15-10-8-14(9-11-15)18-12-4-5-16(18)13-22-17-6-2-1-3-7-17/h1-3,6-11,16H,4-5,12-13H2. The number of hydrogen-bond acceptors (Lipinski definition) is 3. The van der Waals surface area contributed by atoms with E-state index in [4.69, 9.17) is 0 Å². The molecule has 5 heteroatoms. The number of benzene rings is 2. The van der Waals surface area contributed by atoms with Crippen LogP contribution in [0.15, 0.2) is 54.6 Å². The van der Waals surface area contributed by atoms with Gasteiger partial charge >= 0.3 is 136 Å². The first-order chi connectivity index (χ1) is 10.7. The summed E-state index contributed by atoms with van der Waals surface area (Å²) in [7, 11) is 0. The summed E-state index contributed by atoms with van der Waals surface area (Å²) in [5.41, 5.74) is 1.27. The number of nitro groups is 1. The summed E-state index contributed by atoms with van der Waals surface area (Å²) in [6, 6.07) is 18.2. The molecule has 1 atom stereocenters. The number of non-ortho nitro benzene ring substituents is 1. The van der Waals surface area contributed by atoms with Gasteiger partial charge in [0.25, 0.3) is 0 Å². The first-order valence-corrected chi connectivity index (χ1v) is 9.50. The summed E-state index contributed by atoms with van der Waals surface area (Å²) in [6.07, 6.45) is 2.41. The van der Waals surface area contributed by atoms with Crippen LogP contribution in [0, 0.1) is 10.1 Å². The first-order valence-electron chi connectivity index (χ1n) is 7.43. The van der Waals surface area contributed by atoms with Crippen LogP contribution in [0.4, 0.5) is 11.4 Å². The molecule has 114 valence electrons. The predicted octanol–water partition coefficient (Wildman–Crippen LogP) is 3.01. The molecule has 22 heavy (non-hydrogen) atoms. The monoisotopic (exact) mass is 362 g/mol. The molecule has 1 heterocycles. The molecule has 1 aliphatic heterocycles. The molecule has 4 nitrogen and oxygen atoms in total. The van der Waals surface area contributed by atoms with E-state index in [0.29, 0.717) is 21.0 Å². The van der Waals surface area contributed by atoms with Gasteiger partial charge < -0.3 is 0 Å². The summed E-state index contributed by atoms with van der Waals surface area (Å²) in [5, 5.41) is 11.9. The number of anilines is 1. The van der Waals surface area contributed by atoms with Gasteiger partial charge in [-0.2, -0.15) is 0 Å². The maximum atomic E-state index is 10.8. The first kappa shape index (κ1) is 15.1. The fourth-order valence-corrected chi connectivity index (χ4v) is 5.09. The fraction of sp³-hybridized carbons (Fsp3) is 0.294.